The van der Waals surface area contributed by atoms with Crippen LogP contribution in [0.2, 0.25) is 0 Å². The fraction of sp³-hybridized carbons (Fsp3) is 0.500. The first kappa shape index (κ1) is 14.1. The van der Waals surface area contributed by atoms with Gasteiger partial charge in [0.25, 0.3) is 0 Å². The number of nitrogens with zero attached hydrogens (tertiary/aromatic N) is 4. The van der Waals surface area contributed by atoms with E-state index >= 15 is 0 Å². The van der Waals surface area contributed by atoms with Crippen LogP contribution in [0, 0.1) is 4.77 Å². The third-order valence-electron chi connectivity index (χ3n) is 4.54. The van der Waals surface area contributed by atoms with Crippen LogP contribution < -0.4 is 0 Å². The number of aromatic nitrogens is 3. The maximum absolute atomic E-state index is 9.51. The van der Waals surface area contributed by atoms with Crippen molar-refractivity contribution in [2.24, 2.45) is 0 Å². The van der Waals surface area contributed by atoms with E-state index < -0.39 is 0 Å². The lowest BCUT2D eigenvalue weighted by atomic mass is 10.0. The van der Waals surface area contributed by atoms with Crippen LogP contribution in [0.5, 0.6) is 0 Å². The van der Waals surface area contributed by atoms with Crippen LogP contribution in [0.15, 0.2) is 24.3 Å². The molecule has 1 aliphatic carbocycles. The van der Waals surface area contributed by atoms with Crippen molar-refractivity contribution in [1.29, 1.82) is 0 Å². The van der Waals surface area contributed by atoms with Crippen LogP contribution in [0.1, 0.15) is 35.8 Å². The molecule has 116 valence electrons. The van der Waals surface area contributed by atoms with Gasteiger partial charge in [-0.05, 0) is 42.6 Å². The molecule has 1 saturated carbocycles. The van der Waals surface area contributed by atoms with Crippen LogP contribution >= 0.6 is 12.2 Å². The maximum atomic E-state index is 9.51. The van der Waals surface area contributed by atoms with Crippen molar-refractivity contribution in [3.63, 3.8) is 0 Å². The summed E-state index contributed by atoms with van der Waals surface area (Å²) in [5.74, 6) is 0.699. The summed E-state index contributed by atoms with van der Waals surface area (Å²) >= 11 is 5.57. The molecule has 1 aromatic heterocycles. The average molecular weight is 316 g/mol. The van der Waals surface area contributed by atoms with Gasteiger partial charge in [0.1, 0.15) is 6.61 Å². The van der Waals surface area contributed by atoms with E-state index in [0.29, 0.717) is 18.5 Å². The highest BCUT2D eigenvalue weighted by Crippen LogP contribution is 2.36. The van der Waals surface area contributed by atoms with Crippen molar-refractivity contribution in [3.05, 3.63) is 46.0 Å². The van der Waals surface area contributed by atoms with Crippen LogP contribution in [0.4, 0.5) is 0 Å². The van der Waals surface area contributed by atoms with Gasteiger partial charge in [0.05, 0.1) is 6.67 Å². The Morgan fingerprint density at radius 3 is 2.73 bits per heavy atom. The third-order valence-corrected chi connectivity index (χ3v) is 4.95. The van der Waals surface area contributed by atoms with Crippen molar-refractivity contribution in [3.8, 4) is 0 Å². The summed E-state index contributed by atoms with van der Waals surface area (Å²) in [6, 6.07) is 9.06. The second-order valence-electron chi connectivity index (χ2n) is 6.17. The minimum Gasteiger partial charge on any atom is -0.388 e. The van der Waals surface area contributed by atoms with Gasteiger partial charge in [0.2, 0.25) is 0 Å². The molecule has 4 rings (SSSR count). The SMILES string of the molecule is OCc1nn(CN2CCc3ccccc3C2)c(=S)n1C1CC1. The largest absolute Gasteiger partial charge is 0.388 e. The molecular weight excluding hydrogens is 296 g/mol. The molecule has 2 heterocycles. The van der Waals surface area contributed by atoms with E-state index in [0.717, 1.165) is 37.1 Å². The van der Waals surface area contributed by atoms with Gasteiger partial charge in [-0.2, -0.15) is 5.10 Å². The predicted molar refractivity (Wildman–Crippen MR) is 85.8 cm³/mol. The molecule has 0 bridgehead atoms. The molecule has 1 fully saturated rings. The van der Waals surface area contributed by atoms with Gasteiger partial charge >= 0.3 is 0 Å². The van der Waals surface area contributed by atoms with Crippen molar-refractivity contribution >= 4 is 12.2 Å². The topological polar surface area (TPSA) is 46.2 Å². The van der Waals surface area contributed by atoms with Gasteiger partial charge in [-0.3, -0.25) is 9.47 Å². The Hall–Kier alpha value is -1.50. The first-order valence-electron chi connectivity index (χ1n) is 7.84. The lowest BCUT2D eigenvalue weighted by Crippen LogP contribution is -2.32. The molecule has 0 atom stereocenters. The molecular formula is C16H20N4OS. The summed E-state index contributed by atoms with van der Waals surface area (Å²) in [4.78, 5) is 2.36. The second kappa shape index (κ2) is 5.61. The lowest BCUT2D eigenvalue weighted by Gasteiger charge is -2.28. The predicted octanol–water partition coefficient (Wildman–Crippen LogP) is 2.26. The van der Waals surface area contributed by atoms with Crippen LogP contribution in [-0.2, 0) is 26.2 Å². The number of aliphatic hydroxyl groups is 1. The molecule has 0 radical (unpaired) electrons. The second-order valence-corrected chi connectivity index (χ2v) is 6.54. The van der Waals surface area contributed by atoms with E-state index in [1.54, 1.807) is 0 Å². The highest BCUT2D eigenvalue weighted by Gasteiger charge is 2.28. The van der Waals surface area contributed by atoms with E-state index in [2.05, 4.69) is 34.3 Å². The highest BCUT2D eigenvalue weighted by molar-refractivity contribution is 7.71. The smallest absolute Gasteiger partial charge is 0.199 e. The zero-order chi connectivity index (χ0) is 15.1. The first-order valence-corrected chi connectivity index (χ1v) is 8.25. The minimum absolute atomic E-state index is 0.0457. The van der Waals surface area contributed by atoms with E-state index in [1.807, 2.05) is 9.25 Å². The van der Waals surface area contributed by atoms with E-state index in [-0.39, 0.29) is 6.61 Å². The van der Waals surface area contributed by atoms with Crippen LogP contribution in [0.25, 0.3) is 0 Å². The summed E-state index contributed by atoms with van der Waals surface area (Å²) in [6.07, 6.45) is 3.36. The van der Waals surface area contributed by atoms with E-state index in [1.165, 1.54) is 11.1 Å². The standard InChI is InChI=1S/C16H20N4OS/c21-10-15-17-19(16(22)20(15)14-5-6-14)11-18-8-7-12-3-1-2-4-13(12)9-18/h1-4,14,21H,5-11H2. The Bertz CT molecular complexity index is 747. The summed E-state index contributed by atoms with van der Waals surface area (Å²) in [7, 11) is 0. The number of hydrogen-bond acceptors (Lipinski definition) is 4. The number of benzene rings is 1. The Labute approximate surface area is 134 Å². The molecule has 0 unspecified atom stereocenters. The van der Waals surface area contributed by atoms with Crippen molar-refractivity contribution < 1.29 is 5.11 Å². The highest BCUT2D eigenvalue weighted by atomic mass is 32.1. The fourth-order valence-corrected chi connectivity index (χ4v) is 3.58. The molecule has 1 aliphatic heterocycles. The van der Waals surface area contributed by atoms with Crippen molar-refractivity contribution in [1.82, 2.24) is 19.2 Å². The normalized spacial score (nSPS) is 18.4. The third kappa shape index (κ3) is 2.51. The van der Waals surface area contributed by atoms with Gasteiger partial charge in [0.15, 0.2) is 10.6 Å². The van der Waals surface area contributed by atoms with E-state index in [4.69, 9.17) is 12.2 Å². The Balaban J connectivity index is 1.56. The van der Waals surface area contributed by atoms with Crippen molar-refractivity contribution in [2.45, 2.75) is 45.1 Å². The monoisotopic (exact) mass is 316 g/mol. The first-order chi connectivity index (χ1) is 10.8. The van der Waals surface area contributed by atoms with E-state index in [9.17, 15) is 5.11 Å². The van der Waals surface area contributed by atoms with Crippen molar-refractivity contribution in [2.75, 3.05) is 6.54 Å². The molecule has 1 aromatic carbocycles. The molecule has 6 heteroatoms. The van der Waals surface area contributed by atoms with Crippen LogP contribution in [0.3, 0.4) is 0 Å². The zero-order valence-electron chi connectivity index (χ0n) is 12.5. The Kier molecular flexibility index (Phi) is 3.60. The van der Waals surface area contributed by atoms with Gasteiger partial charge in [-0.15, -0.1) is 0 Å². The Morgan fingerprint density at radius 2 is 2.00 bits per heavy atom. The molecule has 5 nitrogen and oxygen atoms in total. The molecule has 0 spiro atoms. The fourth-order valence-electron chi connectivity index (χ4n) is 3.23. The summed E-state index contributed by atoms with van der Waals surface area (Å²) < 4.78 is 4.64. The van der Waals surface area contributed by atoms with Gasteiger partial charge in [-0.1, -0.05) is 24.3 Å². The van der Waals surface area contributed by atoms with Gasteiger partial charge < -0.3 is 5.11 Å². The zero-order valence-corrected chi connectivity index (χ0v) is 13.3. The summed E-state index contributed by atoms with van der Waals surface area (Å²) in [5.41, 5.74) is 2.84. The average Bonchev–Trinajstić information content (AvgIpc) is 3.33. The molecule has 0 saturated heterocycles. The minimum atomic E-state index is -0.0457. The molecule has 2 aliphatic rings. The number of rotatable bonds is 4. The quantitative estimate of drug-likeness (QED) is 0.879. The summed E-state index contributed by atoms with van der Waals surface area (Å²) in [5, 5.41) is 14.0. The lowest BCUT2D eigenvalue weighted by molar-refractivity contribution is 0.186. The molecule has 0 amide bonds. The molecule has 2 aromatic rings. The summed E-state index contributed by atoms with van der Waals surface area (Å²) in [6.45, 7) is 2.60. The number of aliphatic hydroxyl groups excluding tert-OH is 1. The van der Waals surface area contributed by atoms with Crippen LogP contribution in [-0.4, -0.2) is 30.9 Å². The number of fused-ring (bicyclic) bond motifs is 1. The maximum Gasteiger partial charge on any atom is 0.199 e. The molecule has 1 N–H and O–H groups in total. The number of hydrogen-bond donors (Lipinski definition) is 1. The Morgan fingerprint density at radius 1 is 1.23 bits per heavy atom. The van der Waals surface area contributed by atoms with Gasteiger partial charge in [0, 0.05) is 19.1 Å². The molecule has 22 heavy (non-hydrogen) atoms. The van der Waals surface area contributed by atoms with Gasteiger partial charge in [-0.25, -0.2) is 4.68 Å².